The van der Waals surface area contributed by atoms with Gasteiger partial charge in [0.1, 0.15) is 0 Å². The first-order valence-electron chi connectivity index (χ1n) is 8.09. The molecule has 0 saturated carbocycles. The first-order valence-corrected chi connectivity index (χ1v) is 8.09. The van der Waals surface area contributed by atoms with Crippen LogP contribution < -0.4 is 5.32 Å². The molecule has 0 aromatic heterocycles. The van der Waals surface area contributed by atoms with Gasteiger partial charge in [-0.05, 0) is 28.7 Å². The Morgan fingerprint density at radius 2 is 1.57 bits per heavy atom. The van der Waals surface area contributed by atoms with Crippen LogP contribution in [0.4, 0.5) is 0 Å². The van der Waals surface area contributed by atoms with Crippen molar-refractivity contribution in [1.29, 1.82) is 0 Å². The summed E-state index contributed by atoms with van der Waals surface area (Å²) in [5.41, 5.74) is 4.75. The second-order valence-electron chi connectivity index (χ2n) is 6.36. The van der Waals surface area contributed by atoms with E-state index in [1.54, 1.807) is 0 Å². The number of rotatable bonds is 1. The Labute approximate surface area is 135 Å². The highest BCUT2D eigenvalue weighted by Gasteiger charge is 2.32. The largest absolute Gasteiger partial charge is 0.392 e. The highest BCUT2D eigenvalue weighted by Crippen LogP contribution is 2.32. The number of carbonyl (C=O) groups is 1. The van der Waals surface area contributed by atoms with Gasteiger partial charge in [-0.25, -0.2) is 0 Å². The van der Waals surface area contributed by atoms with Gasteiger partial charge in [0.25, 0.3) is 0 Å². The summed E-state index contributed by atoms with van der Waals surface area (Å²) < 4.78 is 0. The van der Waals surface area contributed by atoms with E-state index < -0.39 is 6.10 Å². The molecule has 4 rings (SSSR count). The van der Waals surface area contributed by atoms with E-state index in [0.717, 1.165) is 0 Å². The van der Waals surface area contributed by atoms with Gasteiger partial charge in [0.2, 0.25) is 5.91 Å². The number of benzene rings is 2. The van der Waals surface area contributed by atoms with Gasteiger partial charge in [-0.1, -0.05) is 48.5 Å². The van der Waals surface area contributed by atoms with Gasteiger partial charge in [0.15, 0.2) is 0 Å². The molecule has 2 heterocycles. The van der Waals surface area contributed by atoms with Gasteiger partial charge in [-0.15, -0.1) is 0 Å². The SMILES string of the molecule is O=C(C1CC(O)CN1)N1Cc2ccccc2-c2ccccc2C1. The van der Waals surface area contributed by atoms with Gasteiger partial charge in [-0.3, -0.25) is 4.79 Å². The van der Waals surface area contributed by atoms with Crippen LogP contribution in [0.5, 0.6) is 0 Å². The van der Waals surface area contributed by atoms with E-state index >= 15 is 0 Å². The number of β-amino-alcohol motifs (C(OH)–C–C–N with tert-alkyl or cyclic N) is 1. The second-order valence-corrected chi connectivity index (χ2v) is 6.36. The standard InChI is InChI=1S/C19H20N2O2/c22-15-9-18(20-10-15)19(23)21-11-13-5-1-3-7-16(13)17-8-4-2-6-14(17)12-21/h1-8,15,18,20,22H,9-12H2. The van der Waals surface area contributed by atoms with E-state index in [1.807, 2.05) is 29.2 Å². The topological polar surface area (TPSA) is 52.6 Å². The van der Waals surface area contributed by atoms with E-state index in [-0.39, 0.29) is 11.9 Å². The summed E-state index contributed by atoms with van der Waals surface area (Å²) in [5, 5.41) is 12.8. The van der Waals surface area contributed by atoms with Gasteiger partial charge >= 0.3 is 0 Å². The van der Waals surface area contributed by atoms with Gasteiger partial charge < -0.3 is 15.3 Å². The number of nitrogens with zero attached hydrogens (tertiary/aromatic N) is 1. The molecule has 1 amide bonds. The molecule has 1 fully saturated rings. The average molecular weight is 308 g/mol. The lowest BCUT2D eigenvalue weighted by Gasteiger charge is -2.24. The summed E-state index contributed by atoms with van der Waals surface area (Å²) in [6.07, 6.45) is 0.0778. The molecular formula is C19H20N2O2. The zero-order valence-electron chi connectivity index (χ0n) is 12.9. The summed E-state index contributed by atoms with van der Waals surface area (Å²) in [6.45, 7) is 1.72. The highest BCUT2D eigenvalue weighted by atomic mass is 16.3. The predicted molar refractivity (Wildman–Crippen MR) is 88.5 cm³/mol. The van der Waals surface area contributed by atoms with Crippen molar-refractivity contribution in [3.05, 3.63) is 59.7 Å². The van der Waals surface area contributed by atoms with Crippen LogP contribution in [0.2, 0.25) is 0 Å². The normalized spacial score (nSPS) is 23.1. The van der Waals surface area contributed by atoms with Crippen molar-refractivity contribution in [2.45, 2.75) is 31.7 Å². The first-order chi connectivity index (χ1) is 11.2. The molecule has 2 aliphatic rings. The number of aliphatic hydroxyl groups excluding tert-OH is 1. The van der Waals surface area contributed by atoms with Crippen LogP contribution >= 0.6 is 0 Å². The first kappa shape index (κ1) is 14.4. The zero-order valence-corrected chi connectivity index (χ0v) is 12.9. The minimum Gasteiger partial charge on any atom is -0.392 e. The molecule has 0 radical (unpaired) electrons. The van der Waals surface area contributed by atoms with E-state index in [2.05, 4.69) is 29.6 Å². The molecule has 2 unspecified atom stereocenters. The Bertz CT molecular complexity index is 696. The number of nitrogens with one attached hydrogen (secondary N) is 1. The molecule has 0 bridgehead atoms. The quantitative estimate of drug-likeness (QED) is 0.846. The van der Waals surface area contributed by atoms with Crippen LogP contribution in [0.3, 0.4) is 0 Å². The maximum Gasteiger partial charge on any atom is 0.240 e. The second kappa shape index (κ2) is 5.80. The lowest BCUT2D eigenvalue weighted by molar-refractivity contribution is -0.134. The van der Waals surface area contributed by atoms with Crippen LogP contribution in [0.1, 0.15) is 17.5 Å². The van der Waals surface area contributed by atoms with Crippen LogP contribution in [0.15, 0.2) is 48.5 Å². The number of hydrogen-bond donors (Lipinski definition) is 2. The third-order valence-electron chi connectivity index (χ3n) is 4.76. The van der Waals surface area contributed by atoms with Crippen molar-refractivity contribution in [3.8, 4) is 11.1 Å². The number of amides is 1. The van der Waals surface area contributed by atoms with Crippen molar-refractivity contribution in [3.63, 3.8) is 0 Å². The summed E-state index contributed by atoms with van der Waals surface area (Å²) in [4.78, 5) is 14.8. The maximum atomic E-state index is 12.9. The fourth-order valence-corrected chi connectivity index (χ4v) is 3.59. The third-order valence-corrected chi connectivity index (χ3v) is 4.76. The Morgan fingerprint density at radius 1 is 1.00 bits per heavy atom. The van der Waals surface area contributed by atoms with E-state index in [0.29, 0.717) is 26.1 Å². The Hall–Kier alpha value is -2.17. The summed E-state index contributed by atoms with van der Waals surface area (Å²) in [6, 6.07) is 16.3. The third kappa shape index (κ3) is 2.64. The fraction of sp³-hybridized carbons (Fsp3) is 0.316. The van der Waals surface area contributed by atoms with Crippen LogP contribution in [-0.2, 0) is 17.9 Å². The van der Waals surface area contributed by atoms with E-state index in [9.17, 15) is 9.90 Å². The van der Waals surface area contributed by atoms with E-state index in [4.69, 9.17) is 0 Å². The predicted octanol–water partition coefficient (Wildman–Crippen LogP) is 1.92. The maximum absolute atomic E-state index is 12.9. The van der Waals surface area contributed by atoms with Gasteiger partial charge in [0, 0.05) is 19.6 Å². The Morgan fingerprint density at radius 3 is 2.09 bits per heavy atom. The smallest absolute Gasteiger partial charge is 0.240 e. The zero-order chi connectivity index (χ0) is 15.8. The van der Waals surface area contributed by atoms with Gasteiger partial charge in [-0.2, -0.15) is 0 Å². The van der Waals surface area contributed by atoms with Crippen molar-refractivity contribution >= 4 is 5.91 Å². The minimum atomic E-state index is -0.421. The summed E-state index contributed by atoms with van der Waals surface area (Å²) in [5.74, 6) is 0.0769. The molecule has 118 valence electrons. The molecule has 0 spiro atoms. The van der Waals surface area contributed by atoms with Gasteiger partial charge in [0.05, 0.1) is 12.1 Å². The molecular weight excluding hydrogens is 288 g/mol. The number of carbonyl (C=O) groups excluding carboxylic acids is 1. The summed E-state index contributed by atoms with van der Waals surface area (Å²) >= 11 is 0. The number of fused-ring (bicyclic) bond motifs is 3. The highest BCUT2D eigenvalue weighted by molar-refractivity contribution is 5.84. The molecule has 2 aromatic carbocycles. The van der Waals surface area contributed by atoms with E-state index in [1.165, 1.54) is 22.3 Å². The van der Waals surface area contributed by atoms with Crippen molar-refractivity contribution in [2.75, 3.05) is 6.54 Å². The molecule has 2 N–H and O–H groups in total. The molecule has 2 aliphatic heterocycles. The Kier molecular flexibility index (Phi) is 3.63. The molecule has 4 nitrogen and oxygen atoms in total. The number of hydrogen-bond acceptors (Lipinski definition) is 3. The molecule has 23 heavy (non-hydrogen) atoms. The number of aliphatic hydroxyl groups is 1. The lowest BCUT2D eigenvalue weighted by atomic mass is 9.97. The lowest BCUT2D eigenvalue weighted by Crippen LogP contribution is -2.42. The Balaban J connectivity index is 1.71. The fourth-order valence-electron chi connectivity index (χ4n) is 3.59. The molecule has 0 aliphatic carbocycles. The molecule has 2 atom stereocenters. The van der Waals surface area contributed by atoms with Crippen molar-refractivity contribution < 1.29 is 9.90 Å². The van der Waals surface area contributed by atoms with Crippen molar-refractivity contribution in [1.82, 2.24) is 10.2 Å². The molecule has 2 aromatic rings. The van der Waals surface area contributed by atoms with Crippen LogP contribution in [-0.4, -0.2) is 34.6 Å². The monoisotopic (exact) mass is 308 g/mol. The van der Waals surface area contributed by atoms with Crippen molar-refractivity contribution in [2.24, 2.45) is 0 Å². The van der Waals surface area contributed by atoms with Crippen LogP contribution in [0, 0.1) is 0 Å². The molecule has 1 saturated heterocycles. The minimum absolute atomic E-state index is 0.0769. The summed E-state index contributed by atoms with van der Waals surface area (Å²) in [7, 11) is 0. The average Bonchev–Trinajstić information content (AvgIpc) is 2.93. The van der Waals surface area contributed by atoms with Crippen LogP contribution in [0.25, 0.3) is 11.1 Å². The molecule has 4 heteroatoms.